The number of hydrogen-bond acceptors (Lipinski definition) is 6. The fraction of sp³-hybridized carbons (Fsp3) is 0.267. The zero-order valence-electron chi connectivity index (χ0n) is 21.8. The molecule has 0 unspecified atom stereocenters. The van der Waals surface area contributed by atoms with E-state index in [0.29, 0.717) is 45.8 Å². The number of fused-ring (bicyclic) bond motifs is 3. The molecule has 0 radical (unpaired) electrons. The van der Waals surface area contributed by atoms with Crippen molar-refractivity contribution in [1.29, 1.82) is 0 Å². The Morgan fingerprint density at radius 1 is 1.00 bits per heavy atom. The van der Waals surface area contributed by atoms with E-state index in [0.717, 1.165) is 22.3 Å². The fourth-order valence-electron chi connectivity index (χ4n) is 4.19. The van der Waals surface area contributed by atoms with Crippen LogP contribution in [0.2, 0.25) is 5.02 Å². The highest BCUT2D eigenvalue weighted by Crippen LogP contribution is 2.37. The summed E-state index contributed by atoms with van der Waals surface area (Å²) >= 11 is 7.95. The standard InChI is InChI=1S/C30H29ClN2O4S/c1-5-35-25-17-19(18-26-28(34)33-24-9-7-6-8-23(24)32-29(33)38-26)16-22(31)27(25)37-15-14-36-21-12-10-20(11-13-21)30(2,3)4/h6-13,16-18H,5,14-15H2,1-4H3/b26-18-. The summed E-state index contributed by atoms with van der Waals surface area (Å²) in [7, 11) is 0. The van der Waals surface area contributed by atoms with Crippen molar-refractivity contribution < 1.29 is 14.2 Å². The van der Waals surface area contributed by atoms with Gasteiger partial charge in [-0.1, -0.05) is 68.0 Å². The molecule has 0 saturated heterocycles. The number of imidazole rings is 1. The van der Waals surface area contributed by atoms with Crippen LogP contribution < -0.4 is 24.3 Å². The lowest BCUT2D eigenvalue weighted by atomic mass is 9.87. The van der Waals surface area contributed by atoms with Crippen molar-refractivity contribution in [3.8, 4) is 17.2 Å². The van der Waals surface area contributed by atoms with Gasteiger partial charge in [0.1, 0.15) is 19.0 Å². The SMILES string of the molecule is CCOc1cc(/C=c2\sc3nc4ccccc4n3c2=O)cc(Cl)c1OCCOc1ccc(C(C)(C)C)cc1. The number of benzene rings is 3. The Morgan fingerprint density at radius 3 is 2.47 bits per heavy atom. The van der Waals surface area contributed by atoms with Crippen LogP contribution in [0.1, 0.15) is 38.8 Å². The van der Waals surface area contributed by atoms with Gasteiger partial charge in [0.15, 0.2) is 16.5 Å². The maximum Gasteiger partial charge on any atom is 0.274 e. The van der Waals surface area contributed by atoms with Gasteiger partial charge >= 0.3 is 0 Å². The molecule has 196 valence electrons. The number of nitrogens with zero attached hydrogens (tertiary/aromatic N) is 2. The summed E-state index contributed by atoms with van der Waals surface area (Å²) in [6, 6.07) is 19.3. The highest BCUT2D eigenvalue weighted by atomic mass is 35.5. The van der Waals surface area contributed by atoms with Crippen LogP contribution in [0.5, 0.6) is 17.2 Å². The lowest BCUT2D eigenvalue weighted by Crippen LogP contribution is -2.22. The maximum atomic E-state index is 13.1. The van der Waals surface area contributed by atoms with Crippen molar-refractivity contribution in [3.63, 3.8) is 0 Å². The molecule has 5 rings (SSSR count). The van der Waals surface area contributed by atoms with Gasteiger partial charge in [-0.2, -0.15) is 0 Å². The summed E-state index contributed by atoms with van der Waals surface area (Å²) in [5.74, 6) is 1.75. The van der Waals surface area contributed by atoms with Crippen LogP contribution in [-0.2, 0) is 5.41 Å². The van der Waals surface area contributed by atoms with Crippen molar-refractivity contribution in [3.05, 3.63) is 91.7 Å². The third-order valence-corrected chi connectivity index (χ3v) is 7.34. The predicted molar refractivity (Wildman–Crippen MR) is 154 cm³/mol. The number of aromatic nitrogens is 2. The van der Waals surface area contributed by atoms with Crippen molar-refractivity contribution >= 4 is 45.0 Å². The Morgan fingerprint density at radius 2 is 1.74 bits per heavy atom. The molecule has 0 aliphatic carbocycles. The van der Waals surface area contributed by atoms with Crippen LogP contribution in [0, 0.1) is 0 Å². The second-order valence-corrected chi connectivity index (χ2v) is 11.3. The minimum Gasteiger partial charge on any atom is -0.490 e. The minimum atomic E-state index is -0.110. The number of hydrogen-bond donors (Lipinski definition) is 0. The second-order valence-electron chi connectivity index (χ2n) is 9.87. The molecule has 0 atom stereocenters. The summed E-state index contributed by atoms with van der Waals surface area (Å²) < 4.78 is 19.8. The first kappa shape index (κ1) is 26.1. The van der Waals surface area contributed by atoms with Gasteiger partial charge in [0.05, 0.1) is 27.2 Å². The van der Waals surface area contributed by atoms with E-state index in [-0.39, 0.29) is 11.0 Å². The number of para-hydroxylation sites is 2. The number of ether oxygens (including phenoxy) is 3. The van der Waals surface area contributed by atoms with Crippen LogP contribution in [0.3, 0.4) is 0 Å². The van der Waals surface area contributed by atoms with Gasteiger partial charge in [-0.25, -0.2) is 9.38 Å². The molecule has 0 saturated carbocycles. The van der Waals surface area contributed by atoms with Gasteiger partial charge in [-0.3, -0.25) is 4.79 Å². The topological polar surface area (TPSA) is 62.1 Å². The van der Waals surface area contributed by atoms with Crippen LogP contribution in [0.4, 0.5) is 0 Å². The molecule has 3 aromatic carbocycles. The summed E-state index contributed by atoms with van der Waals surface area (Å²) in [5.41, 5.74) is 3.58. The molecule has 0 aliphatic rings. The molecule has 0 spiro atoms. The Balaban J connectivity index is 1.34. The van der Waals surface area contributed by atoms with E-state index in [4.69, 9.17) is 25.8 Å². The van der Waals surface area contributed by atoms with E-state index < -0.39 is 0 Å². The van der Waals surface area contributed by atoms with Gasteiger partial charge in [0.25, 0.3) is 5.56 Å². The van der Waals surface area contributed by atoms with Gasteiger partial charge < -0.3 is 14.2 Å². The lowest BCUT2D eigenvalue weighted by Gasteiger charge is -2.19. The molecule has 0 bridgehead atoms. The Hall–Kier alpha value is -3.55. The van der Waals surface area contributed by atoms with E-state index in [1.807, 2.05) is 49.4 Å². The van der Waals surface area contributed by atoms with Crippen LogP contribution in [-0.4, -0.2) is 29.2 Å². The van der Waals surface area contributed by atoms with Crippen molar-refractivity contribution in [1.82, 2.24) is 9.38 Å². The summed E-state index contributed by atoms with van der Waals surface area (Å²) in [5, 5.41) is 0.399. The molecule has 2 aromatic heterocycles. The van der Waals surface area contributed by atoms with Crippen molar-refractivity contribution in [2.45, 2.75) is 33.1 Å². The molecule has 8 heteroatoms. The monoisotopic (exact) mass is 548 g/mol. The molecular weight excluding hydrogens is 520 g/mol. The average molecular weight is 549 g/mol. The quantitative estimate of drug-likeness (QED) is 0.214. The largest absolute Gasteiger partial charge is 0.490 e. The fourth-order valence-corrected chi connectivity index (χ4v) is 5.45. The highest BCUT2D eigenvalue weighted by Gasteiger charge is 2.15. The van der Waals surface area contributed by atoms with Gasteiger partial charge in [0.2, 0.25) is 0 Å². The third kappa shape index (κ3) is 5.35. The van der Waals surface area contributed by atoms with E-state index in [9.17, 15) is 4.79 Å². The molecular formula is C30H29ClN2O4S. The van der Waals surface area contributed by atoms with E-state index in [2.05, 4.69) is 37.9 Å². The van der Waals surface area contributed by atoms with Crippen molar-refractivity contribution in [2.24, 2.45) is 0 Å². The molecule has 2 heterocycles. The molecule has 38 heavy (non-hydrogen) atoms. The first-order valence-corrected chi connectivity index (χ1v) is 13.7. The predicted octanol–water partition coefficient (Wildman–Crippen LogP) is 6.26. The average Bonchev–Trinajstić information content (AvgIpc) is 3.39. The van der Waals surface area contributed by atoms with Gasteiger partial charge in [-0.05, 0) is 65.9 Å². The van der Waals surface area contributed by atoms with E-state index in [1.165, 1.54) is 16.9 Å². The smallest absolute Gasteiger partial charge is 0.274 e. The zero-order valence-corrected chi connectivity index (χ0v) is 23.4. The van der Waals surface area contributed by atoms with Gasteiger partial charge in [-0.15, -0.1) is 0 Å². The molecule has 0 amide bonds. The van der Waals surface area contributed by atoms with E-state index in [1.54, 1.807) is 16.5 Å². The minimum absolute atomic E-state index is 0.0933. The third-order valence-electron chi connectivity index (χ3n) is 6.09. The molecule has 5 aromatic rings. The summed E-state index contributed by atoms with van der Waals surface area (Å²) in [6.07, 6.45) is 1.80. The number of rotatable bonds is 8. The number of halogens is 1. The lowest BCUT2D eigenvalue weighted by molar-refractivity contribution is 0.208. The van der Waals surface area contributed by atoms with E-state index >= 15 is 0 Å². The normalized spacial score (nSPS) is 12.4. The summed E-state index contributed by atoms with van der Waals surface area (Å²) in [6.45, 7) is 9.53. The first-order chi connectivity index (χ1) is 18.2. The first-order valence-electron chi connectivity index (χ1n) is 12.5. The molecule has 0 N–H and O–H groups in total. The second kappa shape index (κ2) is 10.7. The molecule has 0 aliphatic heterocycles. The van der Waals surface area contributed by atoms with Gasteiger partial charge in [0, 0.05) is 0 Å². The number of thiazole rings is 1. The van der Waals surface area contributed by atoms with Crippen LogP contribution in [0.25, 0.3) is 22.1 Å². The molecule has 0 fully saturated rings. The zero-order chi connectivity index (χ0) is 26.9. The Labute approximate surface area is 230 Å². The Kier molecular flexibility index (Phi) is 7.32. The Bertz CT molecular complexity index is 1700. The summed E-state index contributed by atoms with van der Waals surface area (Å²) in [4.78, 5) is 18.4. The maximum absolute atomic E-state index is 13.1. The molecule has 6 nitrogen and oxygen atoms in total. The van der Waals surface area contributed by atoms with Crippen molar-refractivity contribution in [2.75, 3.05) is 19.8 Å². The highest BCUT2D eigenvalue weighted by molar-refractivity contribution is 7.15. The van der Waals surface area contributed by atoms with Crippen LogP contribution >= 0.6 is 22.9 Å². The van der Waals surface area contributed by atoms with Crippen LogP contribution in [0.15, 0.2) is 65.5 Å².